The monoisotopic (exact) mass is 1100 g/mol. The van der Waals surface area contributed by atoms with Crippen molar-refractivity contribution in [2.45, 2.75) is 14.9 Å². The maximum absolute atomic E-state index is 5.35. The van der Waals surface area contributed by atoms with E-state index < -0.39 is 38.5 Å². The lowest BCUT2D eigenvalue weighted by atomic mass is 11.8. The fraction of sp³-hybridized carbons (Fsp3) is 1.00. The number of rotatable bonds is 6. The van der Waals surface area contributed by atoms with Crippen LogP contribution in [0.1, 0.15) is 14.9 Å². The minimum absolute atomic E-state index is 0. The molecule has 0 aromatic heterocycles. The molecule has 0 aromatic carbocycles. The average molecular weight is 1110 g/mol. The molecule has 0 aromatic rings. The lowest BCUT2D eigenvalue weighted by molar-refractivity contribution is 1.95. The Morgan fingerprint density at radius 2 is 0.472 bits per heavy atom. The third kappa shape index (κ3) is 173. The average Bonchev–Trinajstić information content (AvgIpc) is 2.54. The van der Waals surface area contributed by atoms with Gasteiger partial charge in [-0.3, -0.25) is 0 Å². The Balaban J connectivity index is -0.0000000282. The van der Waals surface area contributed by atoms with E-state index in [1.54, 1.807) is 0 Å². The summed E-state index contributed by atoms with van der Waals surface area (Å²) in [7, 11) is 0.778. The predicted octanol–water partition coefficient (Wildman–Crippen LogP) is 20.9. The summed E-state index contributed by atoms with van der Waals surface area (Å²) < 4.78 is 0. The largest absolute Gasteiger partial charge is 0.179 e. The third-order valence-electron chi connectivity index (χ3n) is 0.993. The molecule has 0 unspecified atom stereocenters. The van der Waals surface area contributed by atoms with Gasteiger partial charge < -0.3 is 0 Å². The van der Waals surface area contributed by atoms with Crippen molar-refractivity contribution in [1.29, 1.82) is 0 Å². The molecule has 0 spiro atoms. The molecular formula is C11H33Cl16IP8. The standard InChI is InChI=1S/C5H14P2.2CH2Cl4P2.2CH3Cl.2CH4.2Cl3P.HI/c1-6(2)5-7(3)4;2*2-6(3)1-7(4)5;2*1-2;;;2*1-4(2)3;/h5H2,1-4H3;2*1H2;2*1H3;2*1H4;;;1H. The summed E-state index contributed by atoms with van der Waals surface area (Å²) in [5.41, 5.74) is 0. The van der Waals surface area contributed by atoms with Crippen LogP contribution in [0.2, 0.25) is 0 Å². The highest BCUT2D eigenvalue weighted by Crippen LogP contribution is 2.62. The van der Waals surface area contributed by atoms with E-state index in [0.29, 0.717) is 27.6 Å². The highest BCUT2D eigenvalue weighted by Gasteiger charge is 2.05. The Morgan fingerprint density at radius 1 is 0.361 bits per heavy atom. The number of hydrogen-bond acceptors (Lipinski definition) is 0. The van der Waals surface area contributed by atoms with E-state index in [-0.39, 0.29) is 38.8 Å². The molecule has 0 saturated heterocycles. The van der Waals surface area contributed by atoms with Gasteiger partial charge in [0, 0.05) is 24.6 Å². The molecule has 0 aliphatic rings. The van der Waals surface area contributed by atoms with Gasteiger partial charge in [0.1, 0.15) is 0 Å². The van der Waals surface area contributed by atoms with Gasteiger partial charge in [0.05, 0.1) is 26.5 Å². The van der Waals surface area contributed by atoms with Crippen molar-refractivity contribution in [3.63, 3.8) is 0 Å². The molecule has 0 rings (SSSR count). The summed E-state index contributed by atoms with van der Waals surface area (Å²) in [5.74, 6) is 0.188. The maximum Gasteiger partial charge on any atom is 0.179 e. The number of alkyl halides is 2. The predicted molar refractivity (Wildman–Crippen MR) is 228 cm³/mol. The quantitative estimate of drug-likeness (QED) is 0.141. The van der Waals surface area contributed by atoms with Crippen molar-refractivity contribution in [2.24, 2.45) is 0 Å². The molecule has 0 fully saturated rings. The van der Waals surface area contributed by atoms with E-state index in [0.717, 1.165) is 0 Å². The molecule has 0 saturated carbocycles. The van der Waals surface area contributed by atoms with Gasteiger partial charge in [-0.05, 0) is 32.6 Å². The summed E-state index contributed by atoms with van der Waals surface area (Å²) in [6.45, 7) is 5.66. The van der Waals surface area contributed by atoms with Gasteiger partial charge in [-0.2, -0.15) is 0 Å². The molecule has 0 N–H and O–H groups in total. The minimum atomic E-state index is -1.20. The van der Waals surface area contributed by atoms with Crippen LogP contribution in [0.3, 0.4) is 0 Å². The molecule has 36 heavy (non-hydrogen) atoms. The van der Waals surface area contributed by atoms with Crippen molar-refractivity contribution in [2.75, 3.05) is 57.1 Å². The second-order valence-electron chi connectivity index (χ2n) is 4.18. The van der Waals surface area contributed by atoms with Gasteiger partial charge in [-0.1, -0.05) is 172 Å². The topological polar surface area (TPSA) is 0 Å². The Hall–Kier alpha value is 8.81. The van der Waals surface area contributed by atoms with Gasteiger partial charge in [-0.25, -0.2) is 0 Å². The van der Waals surface area contributed by atoms with E-state index in [2.05, 4.69) is 49.9 Å². The highest BCUT2D eigenvalue weighted by molar-refractivity contribution is 14.0. The van der Waals surface area contributed by atoms with Gasteiger partial charge in [0.2, 0.25) is 0 Å². The van der Waals surface area contributed by atoms with Crippen LogP contribution >= 0.6 is 259 Å². The Bertz CT molecular complexity index is 238. The zero-order valence-corrected chi connectivity index (χ0v) is 39.7. The normalized spacial score (nSPS) is 8.83. The van der Waals surface area contributed by atoms with Crippen molar-refractivity contribution in [1.82, 2.24) is 0 Å². The molecule has 236 valence electrons. The van der Waals surface area contributed by atoms with E-state index in [9.17, 15) is 0 Å². The second-order valence-corrected chi connectivity index (χ2v) is 36.2. The zero-order chi connectivity index (χ0) is 28.7. The van der Waals surface area contributed by atoms with E-state index in [1.807, 2.05) is 0 Å². The molecule has 0 bridgehead atoms. The van der Waals surface area contributed by atoms with Crippen LogP contribution in [0, 0.1) is 0 Å². The smallest absolute Gasteiger partial charge is 0.130 e. The number of halogens is 17. The highest BCUT2D eigenvalue weighted by atomic mass is 127. The van der Waals surface area contributed by atoms with E-state index in [4.69, 9.17) is 157 Å². The second kappa shape index (κ2) is 62.6. The first-order valence-electron chi connectivity index (χ1n) is 6.81. The fourth-order valence-corrected chi connectivity index (χ4v) is 18.2. The first-order valence-corrected chi connectivity index (χ1v) is 34.6. The van der Waals surface area contributed by atoms with Crippen LogP contribution in [0.4, 0.5) is 0 Å². The van der Waals surface area contributed by atoms with Gasteiger partial charge in [0.15, 0.2) is 12.0 Å². The van der Waals surface area contributed by atoms with Crippen molar-refractivity contribution < 1.29 is 0 Å². The zero-order valence-electron chi connectivity index (χ0n) is 18.2. The fourth-order valence-electron chi connectivity index (χ4n) is 0.727. The minimum Gasteiger partial charge on any atom is -0.130 e. The van der Waals surface area contributed by atoms with Gasteiger partial charge >= 0.3 is 0 Å². The first-order chi connectivity index (χ1) is 14.8. The Morgan fingerprint density at radius 3 is 0.472 bits per heavy atom. The first kappa shape index (κ1) is 71.0. The maximum atomic E-state index is 5.35. The lowest BCUT2D eigenvalue weighted by Crippen LogP contribution is -1.74. The van der Waals surface area contributed by atoms with Crippen LogP contribution in [0.5, 0.6) is 0 Å². The summed E-state index contributed by atoms with van der Waals surface area (Å²) in [5, 5.41) is 0. The number of hydrogen-bond donors (Lipinski definition) is 0. The van der Waals surface area contributed by atoms with Gasteiger partial charge in [-0.15, -0.1) is 63.0 Å². The van der Waals surface area contributed by atoms with Crippen LogP contribution in [-0.2, 0) is 0 Å². The summed E-state index contributed by atoms with van der Waals surface area (Å²) >= 11 is 81.3. The molecule has 0 aliphatic carbocycles. The van der Waals surface area contributed by atoms with Crippen molar-refractivity contribution >= 4 is 259 Å². The molecule has 25 heteroatoms. The SMILES string of the molecule is C.C.CCl.CCl.CP(C)CP(C)C.ClP(Cl)CP(Cl)Cl.ClP(Cl)CP(Cl)Cl.ClP(Cl)Cl.ClP(Cl)Cl.I. The Labute approximate surface area is 326 Å². The molecule has 0 radical (unpaired) electrons. The lowest BCUT2D eigenvalue weighted by Gasteiger charge is -2.07. The summed E-state index contributed by atoms with van der Waals surface area (Å²) in [6, 6.07) is 0. The van der Waals surface area contributed by atoms with Crippen LogP contribution in [0.25, 0.3) is 0 Å². The van der Waals surface area contributed by atoms with E-state index in [1.165, 1.54) is 18.7 Å². The molecule has 0 nitrogen and oxygen atoms in total. The van der Waals surface area contributed by atoms with Gasteiger partial charge in [0.25, 0.3) is 0 Å². The summed E-state index contributed by atoms with van der Waals surface area (Å²) in [6.07, 6.45) is 2.94. The van der Waals surface area contributed by atoms with Crippen LogP contribution in [0.15, 0.2) is 0 Å². The van der Waals surface area contributed by atoms with Crippen molar-refractivity contribution in [3.8, 4) is 0 Å². The molecule has 0 aliphatic heterocycles. The molecule has 0 amide bonds. The summed E-state index contributed by atoms with van der Waals surface area (Å²) in [4.78, 5) is 0. The third-order valence-corrected chi connectivity index (χ3v) is 16.6. The molecule has 0 heterocycles. The molecular weight excluding hydrogens is 1070 g/mol. The van der Waals surface area contributed by atoms with Crippen LogP contribution in [-0.4, -0.2) is 57.1 Å². The Kier molecular flexibility index (Phi) is 123. The van der Waals surface area contributed by atoms with Crippen molar-refractivity contribution in [3.05, 3.63) is 0 Å². The van der Waals surface area contributed by atoms with E-state index >= 15 is 0 Å². The molecule has 0 atom stereocenters. The van der Waals surface area contributed by atoms with Crippen LogP contribution < -0.4 is 0 Å².